The summed E-state index contributed by atoms with van der Waals surface area (Å²) in [6.07, 6.45) is 0. The second-order valence-electron chi connectivity index (χ2n) is 4.64. The van der Waals surface area contributed by atoms with Crippen LogP contribution in [-0.2, 0) is 0 Å². The molecule has 1 heterocycles. The molecule has 0 fully saturated rings. The van der Waals surface area contributed by atoms with Crippen molar-refractivity contribution in [1.29, 1.82) is 0 Å². The second kappa shape index (κ2) is 6.70. The van der Waals surface area contributed by atoms with Crippen LogP contribution in [0.4, 0.5) is 11.6 Å². The minimum atomic E-state index is -0.402. The van der Waals surface area contributed by atoms with Crippen LogP contribution in [0.25, 0.3) is 0 Å². The highest BCUT2D eigenvalue weighted by Gasteiger charge is 2.24. The van der Waals surface area contributed by atoms with E-state index in [-0.39, 0.29) is 10.9 Å². The Morgan fingerprint density at radius 1 is 1.37 bits per heavy atom. The van der Waals surface area contributed by atoms with Gasteiger partial charge in [0, 0.05) is 11.8 Å². The molecule has 19 heavy (non-hydrogen) atoms. The number of nitrogens with one attached hydrogen (secondary N) is 1. The van der Waals surface area contributed by atoms with Gasteiger partial charge in [-0.2, -0.15) is 4.98 Å². The Bertz CT molecular complexity index is 465. The molecule has 0 bridgehead atoms. The van der Waals surface area contributed by atoms with E-state index in [0.29, 0.717) is 29.1 Å². The number of hydrogen-bond donors (Lipinski definition) is 1. The smallest absolute Gasteiger partial charge is 0.322 e. The molecule has 1 aromatic rings. The Kier molecular flexibility index (Phi) is 5.53. The monoisotopic (exact) mass is 284 g/mol. The molecular weight excluding hydrogens is 264 g/mol. The van der Waals surface area contributed by atoms with Gasteiger partial charge < -0.3 is 5.32 Å². The van der Waals surface area contributed by atoms with Crippen molar-refractivity contribution < 1.29 is 4.92 Å². The molecule has 0 aromatic carbocycles. The predicted molar refractivity (Wildman–Crippen MR) is 77.7 cm³/mol. The van der Waals surface area contributed by atoms with E-state index in [0.717, 1.165) is 0 Å². The molecule has 0 saturated heterocycles. The molecule has 1 rings (SSSR count). The summed E-state index contributed by atoms with van der Waals surface area (Å²) in [5.74, 6) is 0.867. The zero-order valence-corrected chi connectivity index (χ0v) is 12.7. The molecule has 0 spiro atoms. The minimum absolute atomic E-state index is 0.0131. The molecule has 6 nitrogen and oxygen atoms in total. The third kappa shape index (κ3) is 4.05. The van der Waals surface area contributed by atoms with E-state index in [2.05, 4.69) is 29.1 Å². The summed E-state index contributed by atoms with van der Waals surface area (Å²) in [5, 5.41) is 14.8. The minimum Gasteiger partial charge on any atom is -0.354 e. The van der Waals surface area contributed by atoms with Gasteiger partial charge in [0.25, 0.3) is 0 Å². The van der Waals surface area contributed by atoms with Gasteiger partial charge in [-0.1, -0.05) is 32.5 Å². The summed E-state index contributed by atoms with van der Waals surface area (Å²) < 4.78 is 0. The number of aryl methyl sites for hydroxylation is 1. The average molecular weight is 284 g/mol. The maximum atomic E-state index is 11.2. The fraction of sp³-hybridized carbons (Fsp3) is 0.667. The molecule has 0 radical (unpaired) electrons. The largest absolute Gasteiger partial charge is 0.354 e. The zero-order valence-electron chi connectivity index (χ0n) is 11.9. The molecule has 1 unspecified atom stereocenters. The molecular formula is C12H20N4O2S. The Labute approximate surface area is 117 Å². The topological polar surface area (TPSA) is 81.0 Å². The predicted octanol–water partition coefficient (Wildman–Crippen LogP) is 3.26. The standard InChI is InChI=1S/C12H20N4O2S/c1-6-13-12-14-8(4)10(16(17)18)11(15-12)19-9(5)7(2)3/h7,9H,6H2,1-5H3,(H,13,14,15). The first kappa shape index (κ1) is 15.7. The fourth-order valence-electron chi connectivity index (χ4n) is 1.38. The van der Waals surface area contributed by atoms with E-state index in [1.807, 2.05) is 13.8 Å². The van der Waals surface area contributed by atoms with E-state index in [9.17, 15) is 10.1 Å². The van der Waals surface area contributed by atoms with Crippen molar-refractivity contribution in [2.24, 2.45) is 5.92 Å². The maximum absolute atomic E-state index is 11.2. The lowest BCUT2D eigenvalue weighted by atomic mass is 10.2. The fourth-order valence-corrected chi connectivity index (χ4v) is 2.48. The number of anilines is 1. The highest BCUT2D eigenvalue weighted by molar-refractivity contribution is 8.00. The van der Waals surface area contributed by atoms with Gasteiger partial charge in [-0.3, -0.25) is 10.1 Å². The van der Waals surface area contributed by atoms with Crippen LogP contribution in [0.2, 0.25) is 0 Å². The highest BCUT2D eigenvalue weighted by atomic mass is 32.2. The molecule has 0 aliphatic rings. The summed E-state index contributed by atoms with van der Waals surface area (Å²) in [6.45, 7) is 10.5. The van der Waals surface area contributed by atoms with Gasteiger partial charge >= 0.3 is 5.69 Å². The van der Waals surface area contributed by atoms with E-state index >= 15 is 0 Å². The van der Waals surface area contributed by atoms with Crippen LogP contribution in [0.15, 0.2) is 5.03 Å². The van der Waals surface area contributed by atoms with Crippen LogP contribution in [0.3, 0.4) is 0 Å². The average Bonchev–Trinajstić information content (AvgIpc) is 2.27. The van der Waals surface area contributed by atoms with Crippen molar-refractivity contribution in [3.05, 3.63) is 15.8 Å². The molecule has 0 aliphatic carbocycles. The van der Waals surface area contributed by atoms with Crippen LogP contribution in [0.1, 0.15) is 33.4 Å². The van der Waals surface area contributed by atoms with Gasteiger partial charge in [-0.15, -0.1) is 0 Å². The number of hydrogen-bond acceptors (Lipinski definition) is 6. The van der Waals surface area contributed by atoms with Crippen molar-refractivity contribution in [2.45, 2.75) is 44.9 Å². The van der Waals surface area contributed by atoms with Crippen molar-refractivity contribution in [3.8, 4) is 0 Å². The molecule has 1 aromatic heterocycles. The van der Waals surface area contributed by atoms with E-state index in [1.165, 1.54) is 11.8 Å². The third-order valence-electron chi connectivity index (χ3n) is 2.78. The Hall–Kier alpha value is -1.37. The second-order valence-corrected chi connectivity index (χ2v) is 6.01. The van der Waals surface area contributed by atoms with Crippen molar-refractivity contribution in [1.82, 2.24) is 9.97 Å². The van der Waals surface area contributed by atoms with Crippen molar-refractivity contribution in [2.75, 3.05) is 11.9 Å². The lowest BCUT2D eigenvalue weighted by Gasteiger charge is -2.15. The number of rotatable bonds is 6. The molecule has 0 saturated carbocycles. The lowest BCUT2D eigenvalue weighted by molar-refractivity contribution is -0.389. The molecule has 1 atom stereocenters. The molecule has 0 amide bonds. The first-order valence-electron chi connectivity index (χ1n) is 6.30. The van der Waals surface area contributed by atoms with Crippen LogP contribution < -0.4 is 5.32 Å². The highest BCUT2D eigenvalue weighted by Crippen LogP contribution is 2.35. The van der Waals surface area contributed by atoms with Gasteiger partial charge in [-0.05, 0) is 19.8 Å². The van der Waals surface area contributed by atoms with Crippen LogP contribution in [-0.4, -0.2) is 26.7 Å². The van der Waals surface area contributed by atoms with Gasteiger partial charge in [0.1, 0.15) is 5.69 Å². The van der Waals surface area contributed by atoms with E-state index < -0.39 is 4.92 Å². The first-order chi connectivity index (χ1) is 8.86. The summed E-state index contributed by atoms with van der Waals surface area (Å²) in [6, 6.07) is 0. The molecule has 0 aliphatic heterocycles. The zero-order chi connectivity index (χ0) is 14.6. The van der Waals surface area contributed by atoms with Crippen LogP contribution >= 0.6 is 11.8 Å². The van der Waals surface area contributed by atoms with E-state index in [1.54, 1.807) is 6.92 Å². The number of thioether (sulfide) groups is 1. The third-order valence-corrected chi connectivity index (χ3v) is 4.20. The van der Waals surface area contributed by atoms with Crippen molar-refractivity contribution >= 4 is 23.4 Å². The maximum Gasteiger partial charge on any atom is 0.322 e. The Morgan fingerprint density at radius 2 is 2.00 bits per heavy atom. The summed E-state index contributed by atoms with van der Waals surface area (Å²) in [4.78, 5) is 19.1. The summed E-state index contributed by atoms with van der Waals surface area (Å²) >= 11 is 1.43. The van der Waals surface area contributed by atoms with Crippen LogP contribution in [0.5, 0.6) is 0 Å². The first-order valence-corrected chi connectivity index (χ1v) is 7.18. The molecule has 1 N–H and O–H groups in total. The number of aromatic nitrogens is 2. The van der Waals surface area contributed by atoms with Crippen LogP contribution in [0, 0.1) is 23.0 Å². The number of nitro groups is 1. The normalized spacial score (nSPS) is 12.5. The van der Waals surface area contributed by atoms with Gasteiger partial charge in [0.15, 0.2) is 5.03 Å². The molecule has 7 heteroatoms. The van der Waals surface area contributed by atoms with Gasteiger partial charge in [0.05, 0.1) is 4.92 Å². The quantitative estimate of drug-likeness (QED) is 0.374. The van der Waals surface area contributed by atoms with Crippen molar-refractivity contribution in [3.63, 3.8) is 0 Å². The lowest BCUT2D eigenvalue weighted by Crippen LogP contribution is -2.10. The number of nitrogens with zero attached hydrogens (tertiary/aromatic N) is 3. The van der Waals surface area contributed by atoms with Gasteiger partial charge in [-0.25, -0.2) is 4.98 Å². The Morgan fingerprint density at radius 3 is 2.47 bits per heavy atom. The summed E-state index contributed by atoms with van der Waals surface area (Å²) in [7, 11) is 0. The van der Waals surface area contributed by atoms with Gasteiger partial charge in [0.2, 0.25) is 5.95 Å². The SMILES string of the molecule is CCNc1nc(C)c([N+](=O)[O-])c(SC(C)C(C)C)n1. The summed E-state index contributed by atoms with van der Waals surface area (Å²) in [5.41, 5.74) is 0.411. The Balaban J connectivity index is 3.19. The van der Waals surface area contributed by atoms with E-state index in [4.69, 9.17) is 0 Å². The molecule has 106 valence electrons.